The summed E-state index contributed by atoms with van der Waals surface area (Å²) in [5, 5.41) is 2.88. The van der Waals surface area contributed by atoms with Crippen molar-refractivity contribution < 1.29 is 14.3 Å². The Bertz CT molecular complexity index is 538. The van der Waals surface area contributed by atoms with Gasteiger partial charge in [-0.05, 0) is 30.9 Å². The second-order valence-corrected chi connectivity index (χ2v) is 5.27. The van der Waals surface area contributed by atoms with Gasteiger partial charge in [0.15, 0.2) is 0 Å². The van der Waals surface area contributed by atoms with Gasteiger partial charge in [0, 0.05) is 5.69 Å². The van der Waals surface area contributed by atoms with Crippen LogP contribution in [0.25, 0.3) is 0 Å². The number of benzene rings is 1. The quantitative estimate of drug-likeness (QED) is 0.663. The maximum absolute atomic E-state index is 12.4. The third-order valence-electron chi connectivity index (χ3n) is 4.01. The Morgan fingerprint density at radius 1 is 1.25 bits per heavy atom. The minimum Gasteiger partial charge on any atom is -0.465 e. The maximum Gasteiger partial charge on any atom is 0.310 e. The maximum atomic E-state index is 12.4. The Morgan fingerprint density at radius 2 is 2.05 bits per heavy atom. The van der Waals surface area contributed by atoms with E-state index in [0.29, 0.717) is 13.0 Å². The number of ether oxygens (including phenoxy) is 1. The SMILES string of the molecule is O=C1OCC[C@H]2C=CC[C@@H](C(=O)Nc3ccccc3)[C@@H]12. The molecular formula is C16H17NO3. The van der Waals surface area contributed by atoms with Crippen molar-refractivity contribution in [3.05, 3.63) is 42.5 Å². The zero-order valence-corrected chi connectivity index (χ0v) is 11.1. The first-order valence-corrected chi connectivity index (χ1v) is 6.95. The van der Waals surface area contributed by atoms with E-state index in [1.165, 1.54) is 0 Å². The molecule has 4 heteroatoms. The van der Waals surface area contributed by atoms with Crippen LogP contribution in [0, 0.1) is 17.8 Å². The van der Waals surface area contributed by atoms with Crippen LogP contribution in [0.5, 0.6) is 0 Å². The molecule has 0 bridgehead atoms. The molecule has 1 heterocycles. The Kier molecular flexibility index (Phi) is 3.54. The molecule has 1 amide bonds. The highest BCUT2D eigenvalue weighted by Crippen LogP contribution is 2.36. The summed E-state index contributed by atoms with van der Waals surface area (Å²) in [6.07, 6.45) is 5.46. The molecule has 0 radical (unpaired) electrons. The zero-order valence-electron chi connectivity index (χ0n) is 11.1. The summed E-state index contributed by atoms with van der Waals surface area (Å²) in [6.45, 7) is 0.456. The van der Waals surface area contributed by atoms with E-state index in [4.69, 9.17) is 4.74 Å². The molecular weight excluding hydrogens is 254 g/mol. The number of allylic oxidation sites excluding steroid dienone is 2. The molecule has 0 spiro atoms. The molecule has 1 saturated heterocycles. The van der Waals surface area contributed by atoms with Crippen LogP contribution in [0.15, 0.2) is 42.5 Å². The lowest BCUT2D eigenvalue weighted by atomic mass is 9.73. The van der Waals surface area contributed by atoms with Crippen molar-refractivity contribution in [1.82, 2.24) is 0 Å². The monoisotopic (exact) mass is 271 g/mol. The van der Waals surface area contributed by atoms with E-state index in [9.17, 15) is 9.59 Å². The number of amides is 1. The van der Waals surface area contributed by atoms with E-state index in [1.807, 2.05) is 36.4 Å². The minimum absolute atomic E-state index is 0.102. The van der Waals surface area contributed by atoms with Crippen molar-refractivity contribution in [1.29, 1.82) is 0 Å². The molecule has 4 nitrogen and oxygen atoms in total. The smallest absolute Gasteiger partial charge is 0.310 e. The van der Waals surface area contributed by atoms with Crippen LogP contribution in [-0.2, 0) is 14.3 Å². The van der Waals surface area contributed by atoms with Gasteiger partial charge < -0.3 is 10.1 Å². The summed E-state index contributed by atoms with van der Waals surface area (Å²) in [4.78, 5) is 24.4. The molecule has 0 aromatic heterocycles. The number of carbonyl (C=O) groups is 2. The number of anilines is 1. The summed E-state index contributed by atoms with van der Waals surface area (Å²) in [6, 6.07) is 9.32. The topological polar surface area (TPSA) is 55.4 Å². The standard InChI is InChI=1S/C16H17NO3/c18-15(17-12-6-2-1-3-7-12)13-8-4-5-11-9-10-20-16(19)14(11)13/h1-7,11,13-14H,8-10H2,(H,17,18)/t11-,13-,14+/m1/s1. The van der Waals surface area contributed by atoms with Crippen molar-refractivity contribution in [2.75, 3.05) is 11.9 Å². The second-order valence-electron chi connectivity index (χ2n) is 5.27. The van der Waals surface area contributed by atoms with Crippen LogP contribution in [0.2, 0.25) is 0 Å². The van der Waals surface area contributed by atoms with Gasteiger partial charge in [-0.2, -0.15) is 0 Å². The Morgan fingerprint density at radius 3 is 2.85 bits per heavy atom. The average molecular weight is 271 g/mol. The van der Waals surface area contributed by atoms with Gasteiger partial charge >= 0.3 is 5.97 Å². The first-order chi connectivity index (χ1) is 9.75. The molecule has 2 aliphatic rings. The fourth-order valence-electron chi connectivity index (χ4n) is 3.00. The minimum atomic E-state index is -0.336. The molecule has 1 aromatic rings. The number of fused-ring (bicyclic) bond motifs is 1. The number of hydrogen-bond acceptors (Lipinski definition) is 3. The van der Waals surface area contributed by atoms with Gasteiger partial charge in [-0.15, -0.1) is 0 Å². The van der Waals surface area contributed by atoms with E-state index >= 15 is 0 Å². The highest BCUT2D eigenvalue weighted by molar-refractivity contribution is 5.95. The summed E-state index contributed by atoms with van der Waals surface area (Å²) in [5.74, 6) is -0.875. The number of hydrogen-bond donors (Lipinski definition) is 1. The van der Waals surface area contributed by atoms with Crippen molar-refractivity contribution >= 4 is 17.6 Å². The van der Waals surface area contributed by atoms with Gasteiger partial charge in [0.2, 0.25) is 5.91 Å². The van der Waals surface area contributed by atoms with Crippen LogP contribution in [-0.4, -0.2) is 18.5 Å². The van der Waals surface area contributed by atoms with Crippen LogP contribution in [0.4, 0.5) is 5.69 Å². The summed E-state index contributed by atoms with van der Waals surface area (Å²) >= 11 is 0. The predicted molar refractivity (Wildman–Crippen MR) is 74.9 cm³/mol. The highest BCUT2D eigenvalue weighted by atomic mass is 16.5. The van der Waals surface area contributed by atoms with E-state index < -0.39 is 0 Å². The second kappa shape index (κ2) is 5.49. The highest BCUT2D eigenvalue weighted by Gasteiger charge is 2.43. The number of carbonyl (C=O) groups excluding carboxylic acids is 2. The van der Waals surface area contributed by atoms with Crippen LogP contribution in [0.3, 0.4) is 0 Å². The summed E-state index contributed by atoms with van der Waals surface area (Å²) < 4.78 is 5.13. The molecule has 1 N–H and O–H groups in total. The lowest BCUT2D eigenvalue weighted by molar-refractivity contribution is -0.160. The predicted octanol–water partition coefficient (Wildman–Crippen LogP) is 2.38. The molecule has 1 aliphatic heterocycles. The van der Waals surface area contributed by atoms with Crippen LogP contribution < -0.4 is 5.32 Å². The van der Waals surface area contributed by atoms with E-state index in [2.05, 4.69) is 11.4 Å². The number of nitrogens with one attached hydrogen (secondary N) is 1. The first-order valence-electron chi connectivity index (χ1n) is 6.95. The van der Waals surface area contributed by atoms with Crippen molar-refractivity contribution in [2.45, 2.75) is 12.8 Å². The molecule has 1 fully saturated rings. The van der Waals surface area contributed by atoms with Gasteiger partial charge in [-0.25, -0.2) is 0 Å². The first kappa shape index (κ1) is 12.9. The van der Waals surface area contributed by atoms with Gasteiger partial charge in [0.05, 0.1) is 18.4 Å². The molecule has 1 aliphatic carbocycles. The van der Waals surface area contributed by atoms with E-state index in [0.717, 1.165) is 12.1 Å². The van der Waals surface area contributed by atoms with Crippen molar-refractivity contribution in [2.24, 2.45) is 17.8 Å². The van der Waals surface area contributed by atoms with Crippen molar-refractivity contribution in [3.8, 4) is 0 Å². The fraction of sp³-hybridized carbons (Fsp3) is 0.375. The molecule has 0 unspecified atom stereocenters. The molecule has 104 valence electrons. The largest absolute Gasteiger partial charge is 0.465 e. The Balaban J connectivity index is 1.77. The zero-order chi connectivity index (χ0) is 13.9. The van der Waals surface area contributed by atoms with E-state index in [-0.39, 0.29) is 29.6 Å². The number of esters is 1. The van der Waals surface area contributed by atoms with Gasteiger partial charge in [0.1, 0.15) is 0 Å². The number of para-hydroxylation sites is 1. The summed E-state index contributed by atoms with van der Waals surface area (Å²) in [7, 11) is 0. The van der Waals surface area contributed by atoms with Gasteiger partial charge in [-0.1, -0.05) is 30.4 Å². The third-order valence-corrected chi connectivity index (χ3v) is 4.01. The average Bonchev–Trinajstić information content (AvgIpc) is 2.48. The fourth-order valence-corrected chi connectivity index (χ4v) is 3.00. The molecule has 0 saturated carbocycles. The van der Waals surface area contributed by atoms with Gasteiger partial charge in [0.25, 0.3) is 0 Å². The Hall–Kier alpha value is -2.10. The third kappa shape index (κ3) is 2.46. The Labute approximate surface area is 117 Å². The molecule has 3 rings (SSSR count). The van der Waals surface area contributed by atoms with Crippen molar-refractivity contribution in [3.63, 3.8) is 0 Å². The lowest BCUT2D eigenvalue weighted by Gasteiger charge is -2.35. The molecule has 1 aromatic carbocycles. The summed E-state index contributed by atoms with van der Waals surface area (Å²) in [5.41, 5.74) is 0.757. The molecule has 3 atom stereocenters. The van der Waals surface area contributed by atoms with Crippen LogP contribution in [0.1, 0.15) is 12.8 Å². The molecule has 20 heavy (non-hydrogen) atoms. The van der Waals surface area contributed by atoms with Gasteiger partial charge in [-0.3, -0.25) is 9.59 Å². The number of cyclic esters (lactones) is 1. The van der Waals surface area contributed by atoms with E-state index in [1.54, 1.807) is 0 Å². The number of rotatable bonds is 2. The van der Waals surface area contributed by atoms with Crippen LogP contribution >= 0.6 is 0 Å². The lowest BCUT2D eigenvalue weighted by Crippen LogP contribution is -2.43. The normalized spacial score (nSPS) is 28.4.